The second kappa shape index (κ2) is 18.5. The Labute approximate surface area is 370 Å². The summed E-state index contributed by atoms with van der Waals surface area (Å²) in [5, 5.41) is 20.4. The SMILES string of the molecule is N#CC(=Cc1ccc(-c2ccc(-c3ccc(C=C(C#N)c4ccc(N(c5ccccc5)c5ccccc5)cc4)s3)cc2)s1)c1ccc(N(c2ccccc2)c2ccccc2)cc1. The standard InChI is InChI=1S/C56H38N4S2/c57-39-45(41-25-29-51(30-26-41)59(47-13-5-1-6-14-47)48-15-7-2-8-16-48)37-53-33-35-55(61-53)43-21-23-44(24-22-43)56-36-34-54(62-56)38-46(40-58)42-27-31-52(32-28-42)60(49-17-9-3-10-18-49)50-19-11-4-12-20-50/h1-38H. The van der Waals surface area contributed by atoms with Gasteiger partial charge >= 0.3 is 0 Å². The van der Waals surface area contributed by atoms with E-state index in [1.165, 1.54) is 0 Å². The highest BCUT2D eigenvalue weighted by Gasteiger charge is 2.15. The van der Waals surface area contributed by atoms with Crippen molar-refractivity contribution in [2.24, 2.45) is 0 Å². The minimum atomic E-state index is 0.614. The van der Waals surface area contributed by atoms with E-state index < -0.39 is 0 Å². The quantitative estimate of drug-likeness (QED) is 0.115. The Hall–Kier alpha value is -8.00. The van der Waals surface area contributed by atoms with Crippen LogP contribution in [0.1, 0.15) is 20.9 Å². The molecule has 0 atom stereocenters. The van der Waals surface area contributed by atoms with Gasteiger partial charge < -0.3 is 9.80 Å². The molecule has 0 aliphatic rings. The average Bonchev–Trinajstić information content (AvgIpc) is 4.03. The van der Waals surface area contributed by atoms with Crippen LogP contribution in [0.4, 0.5) is 34.1 Å². The number of nitrogens with zero attached hydrogens (tertiary/aromatic N) is 4. The Kier molecular flexibility index (Phi) is 11.8. The third kappa shape index (κ3) is 8.80. The van der Waals surface area contributed by atoms with E-state index in [-0.39, 0.29) is 0 Å². The topological polar surface area (TPSA) is 54.1 Å². The fourth-order valence-electron chi connectivity index (χ4n) is 7.40. The Bertz CT molecular complexity index is 2760. The lowest BCUT2D eigenvalue weighted by molar-refractivity contribution is 1.28. The van der Waals surface area contributed by atoms with Crippen LogP contribution in [0, 0.1) is 22.7 Å². The molecular weight excluding hydrogens is 793 g/mol. The maximum Gasteiger partial charge on any atom is 0.0998 e. The van der Waals surface area contributed by atoms with Gasteiger partial charge in [0.05, 0.1) is 23.3 Å². The molecule has 0 N–H and O–H groups in total. The molecule has 7 aromatic carbocycles. The summed E-state index contributed by atoms with van der Waals surface area (Å²) in [7, 11) is 0. The molecule has 0 spiro atoms. The lowest BCUT2D eigenvalue weighted by Crippen LogP contribution is -2.09. The van der Waals surface area contributed by atoms with Crippen LogP contribution >= 0.6 is 22.7 Å². The Balaban J connectivity index is 0.886. The predicted octanol–water partition coefficient (Wildman–Crippen LogP) is 16.2. The van der Waals surface area contributed by atoms with Gasteiger partial charge in [-0.15, -0.1) is 22.7 Å². The van der Waals surface area contributed by atoms with E-state index in [0.29, 0.717) is 11.1 Å². The van der Waals surface area contributed by atoms with Crippen LogP contribution in [-0.4, -0.2) is 0 Å². The first-order valence-electron chi connectivity index (χ1n) is 20.2. The summed E-state index contributed by atoms with van der Waals surface area (Å²) in [4.78, 5) is 8.72. The first-order valence-corrected chi connectivity index (χ1v) is 21.8. The Morgan fingerprint density at radius 2 is 0.629 bits per heavy atom. The van der Waals surface area contributed by atoms with Crippen molar-refractivity contribution in [2.75, 3.05) is 9.80 Å². The molecule has 62 heavy (non-hydrogen) atoms. The summed E-state index contributed by atoms with van der Waals surface area (Å²) in [6.07, 6.45) is 3.94. The zero-order valence-corrected chi connectivity index (χ0v) is 35.2. The first-order chi connectivity index (χ1) is 30.6. The Morgan fingerprint density at radius 3 is 0.919 bits per heavy atom. The molecular formula is C56H38N4S2. The molecule has 0 bridgehead atoms. The molecule has 0 radical (unpaired) electrons. The van der Waals surface area contributed by atoms with Crippen LogP contribution in [0.15, 0.2) is 218 Å². The molecule has 0 saturated heterocycles. The van der Waals surface area contributed by atoms with E-state index in [4.69, 9.17) is 0 Å². The summed E-state index contributed by atoms with van der Waals surface area (Å²) < 4.78 is 0. The fourth-order valence-corrected chi connectivity index (χ4v) is 9.31. The van der Waals surface area contributed by atoms with E-state index >= 15 is 0 Å². The van der Waals surface area contributed by atoms with Crippen molar-refractivity contribution < 1.29 is 0 Å². The van der Waals surface area contributed by atoms with Crippen LogP contribution in [0.2, 0.25) is 0 Å². The van der Waals surface area contributed by atoms with Crippen LogP contribution in [0.3, 0.4) is 0 Å². The van der Waals surface area contributed by atoms with Crippen molar-refractivity contribution in [3.8, 4) is 33.0 Å². The average molecular weight is 831 g/mol. The smallest absolute Gasteiger partial charge is 0.0998 e. The normalized spacial score (nSPS) is 11.4. The molecule has 9 aromatic rings. The number of thiophene rings is 2. The summed E-state index contributed by atoms with van der Waals surface area (Å²) in [5.74, 6) is 0. The predicted molar refractivity (Wildman–Crippen MR) is 262 cm³/mol. The third-order valence-electron chi connectivity index (χ3n) is 10.5. The molecule has 9 rings (SSSR count). The van der Waals surface area contributed by atoms with Gasteiger partial charge in [0.15, 0.2) is 0 Å². The van der Waals surface area contributed by atoms with Crippen molar-refractivity contribution in [1.29, 1.82) is 10.5 Å². The summed E-state index contributed by atoms with van der Waals surface area (Å²) in [5.41, 5.74) is 11.5. The number of allylic oxidation sites excluding steroid dienone is 2. The Morgan fingerprint density at radius 1 is 0.339 bits per heavy atom. The van der Waals surface area contributed by atoms with E-state index in [0.717, 1.165) is 75.9 Å². The van der Waals surface area contributed by atoms with Gasteiger partial charge in [-0.25, -0.2) is 0 Å². The van der Waals surface area contributed by atoms with E-state index in [2.05, 4.69) is 143 Å². The van der Waals surface area contributed by atoms with Gasteiger partial charge in [0.2, 0.25) is 0 Å². The van der Waals surface area contributed by atoms with Crippen molar-refractivity contribution in [3.05, 3.63) is 239 Å². The zero-order valence-electron chi connectivity index (χ0n) is 33.5. The number of anilines is 6. The molecule has 2 aromatic heterocycles. The lowest BCUT2D eigenvalue weighted by atomic mass is 10.0. The number of para-hydroxylation sites is 4. The van der Waals surface area contributed by atoms with Crippen molar-refractivity contribution in [1.82, 2.24) is 0 Å². The number of hydrogen-bond donors (Lipinski definition) is 0. The van der Waals surface area contributed by atoms with Gasteiger partial charge in [-0.2, -0.15) is 10.5 Å². The van der Waals surface area contributed by atoms with Crippen LogP contribution in [0.5, 0.6) is 0 Å². The molecule has 0 unspecified atom stereocenters. The molecule has 6 heteroatoms. The highest BCUT2D eigenvalue weighted by Crippen LogP contribution is 2.38. The first kappa shape index (κ1) is 39.5. The van der Waals surface area contributed by atoms with Gasteiger partial charge in [-0.1, -0.05) is 121 Å². The van der Waals surface area contributed by atoms with Crippen LogP contribution in [-0.2, 0) is 0 Å². The fraction of sp³-hybridized carbons (Fsp3) is 0. The van der Waals surface area contributed by atoms with Gasteiger partial charge in [-0.3, -0.25) is 0 Å². The minimum Gasteiger partial charge on any atom is -0.311 e. The summed E-state index contributed by atoms with van der Waals surface area (Å²) in [6, 6.07) is 79.4. The molecule has 4 nitrogen and oxygen atoms in total. The molecule has 0 saturated carbocycles. The van der Waals surface area contributed by atoms with Crippen LogP contribution in [0.25, 0.3) is 44.2 Å². The molecule has 0 aliphatic heterocycles. The van der Waals surface area contributed by atoms with Crippen molar-refractivity contribution in [2.45, 2.75) is 0 Å². The number of nitriles is 2. The molecule has 294 valence electrons. The molecule has 2 heterocycles. The van der Waals surface area contributed by atoms with Crippen LogP contribution < -0.4 is 9.80 Å². The maximum absolute atomic E-state index is 10.2. The number of rotatable bonds is 12. The lowest BCUT2D eigenvalue weighted by Gasteiger charge is -2.25. The van der Waals surface area contributed by atoms with Gasteiger partial charge in [-0.05, 0) is 131 Å². The molecule has 0 amide bonds. The van der Waals surface area contributed by atoms with E-state index in [9.17, 15) is 10.5 Å². The monoisotopic (exact) mass is 830 g/mol. The van der Waals surface area contributed by atoms with E-state index in [1.807, 2.05) is 109 Å². The van der Waals surface area contributed by atoms with E-state index in [1.54, 1.807) is 22.7 Å². The van der Waals surface area contributed by atoms with Crippen molar-refractivity contribution in [3.63, 3.8) is 0 Å². The number of benzene rings is 7. The zero-order chi connectivity index (χ0) is 42.1. The maximum atomic E-state index is 10.2. The molecule has 0 fully saturated rings. The highest BCUT2D eigenvalue weighted by atomic mass is 32.1. The number of hydrogen-bond acceptors (Lipinski definition) is 6. The molecule has 0 aliphatic carbocycles. The van der Waals surface area contributed by atoms with Gasteiger partial charge in [0.1, 0.15) is 0 Å². The minimum absolute atomic E-state index is 0.614. The highest BCUT2D eigenvalue weighted by molar-refractivity contribution is 7.16. The second-order valence-electron chi connectivity index (χ2n) is 14.4. The second-order valence-corrected chi connectivity index (χ2v) is 16.7. The summed E-state index contributed by atoms with van der Waals surface area (Å²) in [6.45, 7) is 0. The third-order valence-corrected chi connectivity index (χ3v) is 12.6. The van der Waals surface area contributed by atoms with Gasteiger partial charge in [0, 0.05) is 53.6 Å². The largest absolute Gasteiger partial charge is 0.311 e. The van der Waals surface area contributed by atoms with Crippen molar-refractivity contribution >= 4 is 80.1 Å². The summed E-state index contributed by atoms with van der Waals surface area (Å²) >= 11 is 3.33. The van der Waals surface area contributed by atoms with Gasteiger partial charge in [0.25, 0.3) is 0 Å².